The number of amides is 1. The molecule has 11 heteroatoms. The standard InChI is InChI=1S/C28H21FN4O4S2/c1-2-15-37-21-9-5-18(6-10-21)23-22(24(34)19-11-13-30-14-12-19)25(35)26(36)33(23)27-31-32-28(39-27)38-16-17-3-7-20(29)8-4-17/h2-14,23,34H,1,15-16H2/b24-22+. The number of anilines is 1. The summed E-state index contributed by atoms with van der Waals surface area (Å²) in [4.78, 5) is 31.9. The zero-order chi connectivity index (χ0) is 27.4. The molecule has 1 aliphatic heterocycles. The van der Waals surface area contributed by atoms with Gasteiger partial charge in [0.05, 0.1) is 11.6 Å². The van der Waals surface area contributed by atoms with Crippen molar-refractivity contribution in [1.29, 1.82) is 0 Å². The second-order valence-corrected chi connectivity index (χ2v) is 10.5. The number of ether oxygens (including phenoxy) is 1. The highest BCUT2D eigenvalue weighted by molar-refractivity contribution is 8.00. The second kappa shape index (κ2) is 11.6. The maximum Gasteiger partial charge on any atom is 0.301 e. The van der Waals surface area contributed by atoms with Crippen molar-refractivity contribution in [2.75, 3.05) is 11.5 Å². The molecule has 1 N–H and O–H groups in total. The van der Waals surface area contributed by atoms with Crippen LogP contribution >= 0.6 is 23.1 Å². The molecular formula is C28H21FN4O4S2. The summed E-state index contributed by atoms with van der Waals surface area (Å²) in [5.41, 5.74) is 1.76. The van der Waals surface area contributed by atoms with E-state index in [1.54, 1.807) is 54.6 Å². The molecule has 39 heavy (non-hydrogen) atoms. The molecule has 1 amide bonds. The number of pyridine rings is 1. The fourth-order valence-corrected chi connectivity index (χ4v) is 5.82. The predicted octanol–water partition coefficient (Wildman–Crippen LogP) is 5.56. The first-order valence-corrected chi connectivity index (χ1v) is 13.5. The van der Waals surface area contributed by atoms with Crippen molar-refractivity contribution < 1.29 is 23.8 Å². The van der Waals surface area contributed by atoms with Crippen LogP contribution < -0.4 is 9.64 Å². The van der Waals surface area contributed by atoms with Crippen molar-refractivity contribution in [2.24, 2.45) is 0 Å². The number of carbonyl (C=O) groups excluding carboxylic acids is 2. The molecular weight excluding hydrogens is 539 g/mol. The molecule has 0 bridgehead atoms. The Bertz CT molecular complexity index is 1540. The molecule has 0 radical (unpaired) electrons. The van der Waals surface area contributed by atoms with Gasteiger partial charge >= 0.3 is 5.91 Å². The largest absolute Gasteiger partial charge is 0.507 e. The van der Waals surface area contributed by atoms with E-state index in [9.17, 15) is 19.1 Å². The molecule has 196 valence electrons. The van der Waals surface area contributed by atoms with Gasteiger partial charge in [-0.05, 0) is 47.5 Å². The van der Waals surface area contributed by atoms with Gasteiger partial charge in [0, 0.05) is 23.7 Å². The van der Waals surface area contributed by atoms with Crippen molar-refractivity contribution in [3.63, 3.8) is 0 Å². The number of hydrogen-bond acceptors (Lipinski definition) is 9. The Balaban J connectivity index is 1.51. The van der Waals surface area contributed by atoms with Gasteiger partial charge in [-0.2, -0.15) is 0 Å². The summed E-state index contributed by atoms with van der Waals surface area (Å²) < 4.78 is 19.3. The Labute approximate surface area is 231 Å². The van der Waals surface area contributed by atoms with Gasteiger partial charge in [0.1, 0.15) is 23.9 Å². The molecule has 4 aromatic rings. The number of nitrogens with zero attached hydrogens (tertiary/aromatic N) is 4. The topological polar surface area (TPSA) is 106 Å². The van der Waals surface area contributed by atoms with E-state index in [2.05, 4.69) is 21.8 Å². The Kier molecular flexibility index (Phi) is 7.80. The van der Waals surface area contributed by atoms with Crippen LogP contribution in [0, 0.1) is 5.82 Å². The van der Waals surface area contributed by atoms with Crippen LogP contribution in [-0.4, -0.2) is 38.6 Å². The lowest BCUT2D eigenvalue weighted by molar-refractivity contribution is -0.132. The predicted molar refractivity (Wildman–Crippen MR) is 147 cm³/mol. The van der Waals surface area contributed by atoms with E-state index in [-0.39, 0.29) is 22.3 Å². The summed E-state index contributed by atoms with van der Waals surface area (Å²) in [6.07, 6.45) is 4.60. The number of Topliss-reactive ketones (excluding diaryl/α,β-unsaturated/α-hetero) is 1. The summed E-state index contributed by atoms with van der Waals surface area (Å²) in [7, 11) is 0. The number of benzene rings is 2. The van der Waals surface area contributed by atoms with Crippen LogP contribution in [0.2, 0.25) is 0 Å². The number of rotatable bonds is 9. The number of thioether (sulfide) groups is 1. The normalized spacial score (nSPS) is 16.4. The van der Waals surface area contributed by atoms with Crippen molar-refractivity contribution in [3.05, 3.63) is 114 Å². The van der Waals surface area contributed by atoms with Crippen LogP contribution in [0.4, 0.5) is 9.52 Å². The van der Waals surface area contributed by atoms with Crippen molar-refractivity contribution in [3.8, 4) is 5.75 Å². The van der Waals surface area contributed by atoms with Gasteiger partial charge in [0.15, 0.2) is 4.34 Å². The van der Waals surface area contributed by atoms with Crippen molar-refractivity contribution in [2.45, 2.75) is 16.1 Å². The maximum atomic E-state index is 13.3. The SMILES string of the molecule is C=CCOc1ccc(C2/C(=C(\O)c3ccncc3)C(=O)C(=O)N2c2nnc(SCc3ccc(F)cc3)s2)cc1. The Morgan fingerprint density at radius 3 is 2.49 bits per heavy atom. The van der Waals surface area contributed by atoms with E-state index < -0.39 is 17.7 Å². The molecule has 0 spiro atoms. The van der Waals surface area contributed by atoms with Gasteiger partial charge in [-0.15, -0.1) is 10.2 Å². The second-order valence-electron chi connectivity index (χ2n) is 8.34. The zero-order valence-corrected chi connectivity index (χ0v) is 22.0. The van der Waals surface area contributed by atoms with E-state index in [0.29, 0.717) is 33.6 Å². The number of ketones is 1. The number of hydrogen-bond donors (Lipinski definition) is 1. The molecule has 0 aliphatic carbocycles. The third-order valence-electron chi connectivity index (χ3n) is 5.84. The van der Waals surface area contributed by atoms with Gasteiger partial charge in [-0.1, -0.05) is 60.0 Å². The highest BCUT2D eigenvalue weighted by atomic mass is 32.2. The molecule has 1 fully saturated rings. The molecule has 2 aromatic heterocycles. The van der Waals surface area contributed by atoms with Crippen LogP contribution in [0.1, 0.15) is 22.7 Å². The van der Waals surface area contributed by atoms with Gasteiger partial charge in [-0.3, -0.25) is 19.5 Å². The van der Waals surface area contributed by atoms with Crippen LogP contribution in [-0.2, 0) is 15.3 Å². The first-order chi connectivity index (χ1) is 19.0. The highest BCUT2D eigenvalue weighted by Gasteiger charge is 2.48. The van der Waals surface area contributed by atoms with E-state index in [1.165, 1.54) is 41.2 Å². The van der Waals surface area contributed by atoms with Gasteiger partial charge in [-0.25, -0.2) is 4.39 Å². The molecule has 0 saturated carbocycles. The summed E-state index contributed by atoms with van der Waals surface area (Å²) in [6.45, 7) is 3.96. The van der Waals surface area contributed by atoms with Gasteiger partial charge in [0.2, 0.25) is 5.13 Å². The lowest BCUT2D eigenvalue weighted by Crippen LogP contribution is -2.29. The Morgan fingerprint density at radius 2 is 1.79 bits per heavy atom. The van der Waals surface area contributed by atoms with Gasteiger partial charge < -0.3 is 9.84 Å². The number of aromatic nitrogens is 3. The molecule has 1 saturated heterocycles. The molecule has 1 unspecified atom stereocenters. The maximum absolute atomic E-state index is 13.3. The quantitative estimate of drug-likeness (QED) is 0.0709. The number of halogens is 1. The minimum absolute atomic E-state index is 0.0679. The van der Waals surface area contributed by atoms with Gasteiger partial charge in [0.25, 0.3) is 5.78 Å². The fourth-order valence-electron chi connectivity index (χ4n) is 4.00. The monoisotopic (exact) mass is 560 g/mol. The number of carbonyl (C=O) groups is 2. The molecule has 1 atom stereocenters. The van der Waals surface area contributed by atoms with Crippen LogP contribution in [0.3, 0.4) is 0 Å². The zero-order valence-electron chi connectivity index (χ0n) is 20.4. The summed E-state index contributed by atoms with van der Waals surface area (Å²) in [6, 6.07) is 15.2. The fraction of sp³-hybridized carbons (Fsp3) is 0.107. The first-order valence-electron chi connectivity index (χ1n) is 11.7. The van der Waals surface area contributed by atoms with Crippen molar-refractivity contribution >= 4 is 45.7 Å². The third-order valence-corrected chi connectivity index (χ3v) is 7.97. The smallest absolute Gasteiger partial charge is 0.301 e. The van der Waals surface area contributed by atoms with E-state index in [0.717, 1.165) is 16.9 Å². The lowest BCUT2D eigenvalue weighted by Gasteiger charge is -2.22. The lowest BCUT2D eigenvalue weighted by atomic mass is 9.95. The van der Waals surface area contributed by atoms with E-state index >= 15 is 0 Å². The Morgan fingerprint density at radius 1 is 1.08 bits per heavy atom. The summed E-state index contributed by atoms with van der Waals surface area (Å²) >= 11 is 2.53. The van der Waals surface area contributed by atoms with Crippen LogP contribution in [0.15, 0.2) is 95.6 Å². The minimum atomic E-state index is -0.950. The van der Waals surface area contributed by atoms with Crippen LogP contribution in [0.25, 0.3) is 5.76 Å². The number of aliphatic hydroxyl groups excluding tert-OH is 1. The molecule has 2 aromatic carbocycles. The third kappa shape index (κ3) is 5.59. The molecule has 8 nitrogen and oxygen atoms in total. The molecule has 3 heterocycles. The molecule has 1 aliphatic rings. The molecule has 5 rings (SSSR count). The summed E-state index contributed by atoms with van der Waals surface area (Å²) in [5.74, 6) is -1.19. The average molecular weight is 561 g/mol. The average Bonchev–Trinajstić information content (AvgIpc) is 3.54. The Hall–Kier alpha value is -4.35. The highest BCUT2D eigenvalue weighted by Crippen LogP contribution is 2.44. The number of aliphatic hydroxyl groups is 1. The summed E-state index contributed by atoms with van der Waals surface area (Å²) in [5, 5.41) is 19.8. The van der Waals surface area contributed by atoms with E-state index in [4.69, 9.17) is 4.74 Å². The minimum Gasteiger partial charge on any atom is -0.507 e. The van der Waals surface area contributed by atoms with Crippen molar-refractivity contribution in [1.82, 2.24) is 15.2 Å². The first kappa shape index (κ1) is 26.3. The van der Waals surface area contributed by atoms with E-state index in [1.807, 2.05) is 0 Å². The van der Waals surface area contributed by atoms with Crippen LogP contribution in [0.5, 0.6) is 5.75 Å².